The van der Waals surface area contributed by atoms with E-state index in [-0.39, 0.29) is 5.91 Å². The molecule has 0 spiro atoms. The van der Waals surface area contributed by atoms with Gasteiger partial charge in [-0.15, -0.1) is 11.3 Å². The summed E-state index contributed by atoms with van der Waals surface area (Å²) < 4.78 is 5.29. The van der Waals surface area contributed by atoms with Gasteiger partial charge in [-0.1, -0.05) is 12.1 Å². The third-order valence-corrected chi connectivity index (χ3v) is 5.18. The Kier molecular flexibility index (Phi) is 3.68. The van der Waals surface area contributed by atoms with Gasteiger partial charge >= 0.3 is 0 Å². The van der Waals surface area contributed by atoms with Gasteiger partial charge in [-0.2, -0.15) is 0 Å². The normalized spacial score (nSPS) is 18.5. The molecule has 4 rings (SSSR count). The summed E-state index contributed by atoms with van der Waals surface area (Å²) in [5, 5.41) is 3.37. The second-order valence-corrected chi connectivity index (χ2v) is 6.72. The highest BCUT2D eigenvalue weighted by Crippen LogP contribution is 2.42. The molecule has 2 heterocycles. The number of thiazole rings is 1. The molecule has 1 aliphatic heterocycles. The van der Waals surface area contributed by atoms with Crippen molar-refractivity contribution in [2.45, 2.75) is 18.8 Å². The maximum Gasteiger partial charge on any atom is 0.254 e. The van der Waals surface area contributed by atoms with Crippen LogP contribution in [0.5, 0.6) is 0 Å². The van der Waals surface area contributed by atoms with E-state index < -0.39 is 0 Å². The molecule has 22 heavy (non-hydrogen) atoms. The van der Waals surface area contributed by atoms with Crippen molar-refractivity contribution in [3.05, 3.63) is 40.2 Å². The zero-order valence-electron chi connectivity index (χ0n) is 12.3. The number of amides is 1. The minimum Gasteiger partial charge on any atom is -0.378 e. The Labute approximate surface area is 133 Å². The average molecular weight is 314 g/mol. The molecule has 0 radical (unpaired) electrons. The number of hydrogen-bond donors (Lipinski definition) is 0. The minimum absolute atomic E-state index is 0.0896. The van der Waals surface area contributed by atoms with E-state index in [1.807, 2.05) is 29.2 Å². The van der Waals surface area contributed by atoms with Gasteiger partial charge in [0.25, 0.3) is 5.91 Å². The van der Waals surface area contributed by atoms with Crippen LogP contribution in [0.3, 0.4) is 0 Å². The van der Waals surface area contributed by atoms with Gasteiger partial charge in [-0.3, -0.25) is 4.79 Å². The van der Waals surface area contributed by atoms with E-state index in [2.05, 4.69) is 5.38 Å². The SMILES string of the molecule is O=C(c1ccc(-c2csc(C3CC3)n2)cc1)N1CCOCC1. The summed E-state index contributed by atoms with van der Waals surface area (Å²) >= 11 is 1.75. The van der Waals surface area contributed by atoms with Crippen molar-refractivity contribution in [1.29, 1.82) is 0 Å². The van der Waals surface area contributed by atoms with Crippen LogP contribution < -0.4 is 0 Å². The number of rotatable bonds is 3. The minimum atomic E-state index is 0.0896. The Morgan fingerprint density at radius 2 is 1.91 bits per heavy atom. The molecule has 0 bridgehead atoms. The van der Waals surface area contributed by atoms with Crippen LogP contribution in [-0.2, 0) is 4.74 Å². The molecule has 0 atom stereocenters. The van der Waals surface area contributed by atoms with Gasteiger partial charge < -0.3 is 9.64 Å². The third-order valence-electron chi connectivity index (χ3n) is 4.17. The highest BCUT2D eigenvalue weighted by Gasteiger charge is 2.26. The lowest BCUT2D eigenvalue weighted by Gasteiger charge is -2.26. The van der Waals surface area contributed by atoms with E-state index in [1.165, 1.54) is 17.8 Å². The molecular weight excluding hydrogens is 296 g/mol. The molecular formula is C17H18N2O2S. The van der Waals surface area contributed by atoms with Crippen molar-refractivity contribution in [1.82, 2.24) is 9.88 Å². The molecule has 2 aromatic rings. The van der Waals surface area contributed by atoms with Crippen LogP contribution in [-0.4, -0.2) is 42.1 Å². The summed E-state index contributed by atoms with van der Waals surface area (Å²) in [5.74, 6) is 0.785. The summed E-state index contributed by atoms with van der Waals surface area (Å²) in [6.45, 7) is 2.62. The Morgan fingerprint density at radius 3 is 2.59 bits per heavy atom. The fraction of sp³-hybridized carbons (Fsp3) is 0.412. The molecule has 1 aromatic heterocycles. The van der Waals surface area contributed by atoms with Crippen LogP contribution in [0, 0.1) is 0 Å². The largest absolute Gasteiger partial charge is 0.378 e. The smallest absolute Gasteiger partial charge is 0.254 e. The van der Waals surface area contributed by atoms with E-state index in [4.69, 9.17) is 9.72 Å². The van der Waals surface area contributed by atoms with Gasteiger partial charge in [-0.05, 0) is 25.0 Å². The van der Waals surface area contributed by atoms with Crippen LogP contribution in [0.25, 0.3) is 11.3 Å². The standard InChI is InChI=1S/C17H18N2O2S/c20-17(19-7-9-21-10-8-19)14-5-1-12(2-6-14)15-11-22-16(18-15)13-3-4-13/h1-2,5-6,11,13H,3-4,7-10H2. The number of ether oxygens (including phenoxy) is 1. The summed E-state index contributed by atoms with van der Waals surface area (Å²) in [5.41, 5.74) is 2.85. The second-order valence-electron chi connectivity index (χ2n) is 5.83. The van der Waals surface area contributed by atoms with Gasteiger partial charge in [0.1, 0.15) is 0 Å². The zero-order chi connectivity index (χ0) is 14.9. The monoisotopic (exact) mass is 314 g/mol. The number of nitrogens with zero attached hydrogens (tertiary/aromatic N) is 2. The maximum atomic E-state index is 12.4. The molecule has 114 valence electrons. The first-order chi connectivity index (χ1) is 10.8. The van der Waals surface area contributed by atoms with E-state index in [1.54, 1.807) is 11.3 Å². The van der Waals surface area contributed by atoms with Crippen LogP contribution >= 0.6 is 11.3 Å². The number of carbonyl (C=O) groups excluding carboxylic acids is 1. The third kappa shape index (κ3) is 2.78. The van der Waals surface area contributed by atoms with Crippen molar-refractivity contribution in [2.24, 2.45) is 0 Å². The van der Waals surface area contributed by atoms with Crippen LogP contribution in [0.1, 0.15) is 34.1 Å². The maximum absolute atomic E-state index is 12.4. The van der Waals surface area contributed by atoms with Crippen molar-refractivity contribution in [2.75, 3.05) is 26.3 Å². The second kappa shape index (κ2) is 5.82. The highest BCUT2D eigenvalue weighted by molar-refractivity contribution is 7.10. The predicted octanol–water partition coefficient (Wildman–Crippen LogP) is 3.16. The first-order valence-electron chi connectivity index (χ1n) is 7.74. The Balaban J connectivity index is 1.50. The van der Waals surface area contributed by atoms with Crippen molar-refractivity contribution in [3.63, 3.8) is 0 Å². The van der Waals surface area contributed by atoms with Crippen molar-refractivity contribution in [3.8, 4) is 11.3 Å². The molecule has 1 aliphatic carbocycles. The molecule has 1 aromatic carbocycles. The van der Waals surface area contributed by atoms with Crippen molar-refractivity contribution < 1.29 is 9.53 Å². The highest BCUT2D eigenvalue weighted by atomic mass is 32.1. The summed E-state index contributed by atoms with van der Waals surface area (Å²) in [6, 6.07) is 7.81. The molecule has 5 heteroatoms. The Hall–Kier alpha value is -1.72. The molecule has 1 saturated carbocycles. The Morgan fingerprint density at radius 1 is 1.18 bits per heavy atom. The van der Waals surface area contributed by atoms with Crippen LogP contribution in [0.4, 0.5) is 0 Å². The first-order valence-corrected chi connectivity index (χ1v) is 8.62. The molecule has 4 nitrogen and oxygen atoms in total. The molecule has 1 amide bonds. The first kappa shape index (κ1) is 13.9. The topological polar surface area (TPSA) is 42.4 Å². The number of benzene rings is 1. The predicted molar refractivity (Wildman–Crippen MR) is 86.2 cm³/mol. The van der Waals surface area contributed by atoms with Gasteiger partial charge in [0.15, 0.2) is 0 Å². The number of aromatic nitrogens is 1. The van der Waals surface area contributed by atoms with Gasteiger partial charge in [0.2, 0.25) is 0 Å². The summed E-state index contributed by atoms with van der Waals surface area (Å²) in [7, 11) is 0. The molecule has 0 unspecified atom stereocenters. The number of morpholine rings is 1. The summed E-state index contributed by atoms with van der Waals surface area (Å²) in [4.78, 5) is 19.0. The lowest BCUT2D eigenvalue weighted by atomic mass is 10.1. The average Bonchev–Trinajstić information content (AvgIpc) is 3.32. The van der Waals surface area contributed by atoms with Gasteiger partial charge in [0.05, 0.1) is 23.9 Å². The van der Waals surface area contributed by atoms with Gasteiger partial charge in [0, 0.05) is 35.5 Å². The zero-order valence-corrected chi connectivity index (χ0v) is 13.1. The van der Waals surface area contributed by atoms with E-state index in [0.717, 1.165) is 16.8 Å². The van der Waals surface area contributed by atoms with E-state index in [9.17, 15) is 4.79 Å². The van der Waals surface area contributed by atoms with Crippen molar-refractivity contribution >= 4 is 17.2 Å². The molecule has 2 fully saturated rings. The number of hydrogen-bond acceptors (Lipinski definition) is 4. The quantitative estimate of drug-likeness (QED) is 0.874. The Bertz CT molecular complexity index is 670. The lowest BCUT2D eigenvalue weighted by Crippen LogP contribution is -2.40. The molecule has 0 N–H and O–H groups in total. The summed E-state index contributed by atoms with van der Waals surface area (Å²) in [6.07, 6.45) is 2.56. The van der Waals surface area contributed by atoms with Gasteiger partial charge in [-0.25, -0.2) is 4.98 Å². The van der Waals surface area contributed by atoms with E-state index in [0.29, 0.717) is 32.2 Å². The fourth-order valence-corrected chi connectivity index (χ4v) is 3.67. The number of carbonyl (C=O) groups is 1. The fourth-order valence-electron chi connectivity index (χ4n) is 2.67. The van der Waals surface area contributed by atoms with Crippen LogP contribution in [0.2, 0.25) is 0 Å². The molecule has 2 aliphatic rings. The van der Waals surface area contributed by atoms with Crippen LogP contribution in [0.15, 0.2) is 29.6 Å². The lowest BCUT2D eigenvalue weighted by molar-refractivity contribution is 0.0303. The molecule has 1 saturated heterocycles. The van der Waals surface area contributed by atoms with E-state index >= 15 is 0 Å².